The Balaban J connectivity index is 0.00000166. The Kier molecular flexibility index (Phi) is 8.46. The zero-order valence-corrected chi connectivity index (χ0v) is 20.2. The number of nitrogens with one attached hydrogen (secondary N) is 1. The van der Waals surface area contributed by atoms with E-state index in [2.05, 4.69) is 0 Å². The van der Waals surface area contributed by atoms with Crippen LogP contribution in [0.1, 0.15) is 13.8 Å². The summed E-state index contributed by atoms with van der Waals surface area (Å²) in [4.78, 5) is 19.9. The van der Waals surface area contributed by atoms with Gasteiger partial charge < -0.3 is 9.42 Å². The van der Waals surface area contributed by atoms with Crippen molar-refractivity contribution in [2.45, 2.75) is 18.1 Å². The van der Waals surface area contributed by atoms with E-state index in [-0.39, 0.29) is 15.6 Å². The molecule has 2 N–H and O–H groups in total. The van der Waals surface area contributed by atoms with E-state index in [1.54, 1.807) is 0 Å². The number of sulfonamides is 1. The van der Waals surface area contributed by atoms with E-state index in [9.17, 15) is 28.0 Å². The van der Waals surface area contributed by atoms with Gasteiger partial charge in [0.25, 0.3) is 15.7 Å². The van der Waals surface area contributed by atoms with Crippen LogP contribution in [0.15, 0.2) is 46.7 Å². The highest BCUT2D eigenvalue weighted by Crippen LogP contribution is 2.43. The van der Waals surface area contributed by atoms with Gasteiger partial charge in [0.1, 0.15) is 16.2 Å². The number of nitro groups is 1. The second-order valence-corrected chi connectivity index (χ2v) is 11.3. The molecule has 0 aliphatic heterocycles. The molecule has 0 aliphatic carbocycles. The number of hydrogen-bond donors (Lipinski definition) is 2. The molecular formula is C17H17Cl2N2O7PS2. The number of benzene rings is 2. The summed E-state index contributed by atoms with van der Waals surface area (Å²) in [5.74, 6) is -0.124. The van der Waals surface area contributed by atoms with Crippen molar-refractivity contribution in [3.63, 3.8) is 0 Å². The highest BCUT2D eigenvalue weighted by molar-refractivity contribution is 7.92. The van der Waals surface area contributed by atoms with Crippen molar-refractivity contribution in [3.8, 4) is 5.75 Å². The maximum absolute atomic E-state index is 12.5. The van der Waals surface area contributed by atoms with E-state index >= 15 is 0 Å². The first-order valence-corrected chi connectivity index (χ1v) is 13.4. The van der Waals surface area contributed by atoms with Gasteiger partial charge >= 0.3 is 7.60 Å². The van der Waals surface area contributed by atoms with Crippen LogP contribution in [-0.2, 0) is 14.6 Å². The number of nitrogens with zero attached hydrogens (tertiary/aromatic N) is 1. The zero-order valence-electron chi connectivity index (χ0n) is 16.1. The average Bonchev–Trinajstić information content (AvgIpc) is 3.19. The van der Waals surface area contributed by atoms with Crippen molar-refractivity contribution < 1.29 is 27.3 Å². The van der Waals surface area contributed by atoms with Crippen molar-refractivity contribution in [2.24, 2.45) is 0 Å². The fraction of sp³-hybridized carbons (Fsp3) is 0.176. The Bertz CT molecular complexity index is 1210. The van der Waals surface area contributed by atoms with Crippen molar-refractivity contribution in [1.29, 1.82) is 0 Å². The number of nitro benzene ring substituents is 1. The Morgan fingerprint density at radius 1 is 1.16 bits per heavy atom. The van der Waals surface area contributed by atoms with E-state index in [0.29, 0.717) is 20.1 Å². The maximum atomic E-state index is 12.5. The van der Waals surface area contributed by atoms with Crippen molar-refractivity contribution in [3.05, 3.63) is 62.6 Å². The van der Waals surface area contributed by atoms with Crippen molar-refractivity contribution in [1.82, 2.24) is 4.72 Å². The Labute approximate surface area is 192 Å². The van der Waals surface area contributed by atoms with Gasteiger partial charge in [0.05, 0.1) is 14.6 Å². The molecule has 168 valence electrons. The molecule has 9 nitrogen and oxygen atoms in total. The van der Waals surface area contributed by atoms with Gasteiger partial charge in [-0.2, -0.15) is 4.72 Å². The van der Waals surface area contributed by atoms with Gasteiger partial charge in [0.2, 0.25) is 0 Å². The van der Waals surface area contributed by atoms with Crippen LogP contribution in [0.4, 0.5) is 5.69 Å². The second kappa shape index (κ2) is 10.3. The first kappa shape index (κ1) is 25.5. The van der Waals surface area contributed by atoms with Gasteiger partial charge in [0, 0.05) is 22.5 Å². The van der Waals surface area contributed by atoms with Crippen LogP contribution in [0, 0.1) is 10.1 Å². The largest absolute Gasteiger partial charge is 0.424 e. The number of rotatable bonds is 7. The summed E-state index contributed by atoms with van der Waals surface area (Å²) in [5.41, 5.74) is -0.229. The molecule has 0 saturated heterocycles. The Morgan fingerprint density at radius 2 is 1.74 bits per heavy atom. The van der Waals surface area contributed by atoms with Gasteiger partial charge in [-0.05, 0) is 30.3 Å². The predicted molar refractivity (Wildman–Crippen MR) is 122 cm³/mol. The number of halogens is 2. The Morgan fingerprint density at radius 3 is 2.29 bits per heavy atom. The minimum Gasteiger partial charge on any atom is -0.424 e. The molecule has 0 fully saturated rings. The third-order valence-electron chi connectivity index (χ3n) is 3.57. The summed E-state index contributed by atoms with van der Waals surface area (Å²) in [7, 11) is -8.58. The van der Waals surface area contributed by atoms with Crippen LogP contribution in [0.25, 0.3) is 10.1 Å². The fourth-order valence-electron chi connectivity index (χ4n) is 2.23. The third-order valence-corrected chi connectivity index (χ3v) is 8.64. The molecule has 1 unspecified atom stereocenters. The summed E-state index contributed by atoms with van der Waals surface area (Å²) >= 11 is 13.0. The van der Waals surface area contributed by atoms with E-state index in [1.807, 2.05) is 18.6 Å². The zero-order chi connectivity index (χ0) is 23.4. The lowest BCUT2D eigenvalue weighted by Gasteiger charge is -2.13. The smallest absolute Gasteiger partial charge is 0.391 e. The molecule has 31 heavy (non-hydrogen) atoms. The molecule has 0 bridgehead atoms. The van der Waals surface area contributed by atoms with E-state index in [0.717, 1.165) is 35.6 Å². The molecular weight excluding hydrogens is 510 g/mol. The molecule has 0 aliphatic rings. The van der Waals surface area contributed by atoms with Gasteiger partial charge in [0.15, 0.2) is 0 Å². The molecule has 1 aromatic heterocycles. The standard InChI is InChI=1S/C15H11Cl2N2O7PS2.C2H6/c16-12-5-6-13(17)15-11(12)7-14(28-15)29(24,25)18-8-27(22,23)26-10-3-1-9(2-4-10)19(20)21;1-2/h1-7,18H,8H2,(H,22,23);1-2H3. The van der Waals surface area contributed by atoms with E-state index in [1.165, 1.54) is 18.2 Å². The monoisotopic (exact) mass is 526 g/mol. The van der Waals surface area contributed by atoms with E-state index in [4.69, 9.17) is 27.7 Å². The molecule has 1 heterocycles. The average molecular weight is 527 g/mol. The van der Waals surface area contributed by atoms with Gasteiger partial charge in [-0.15, -0.1) is 11.3 Å². The lowest BCUT2D eigenvalue weighted by molar-refractivity contribution is -0.384. The summed E-state index contributed by atoms with van der Waals surface area (Å²) in [6.45, 7) is 4.00. The topological polar surface area (TPSA) is 136 Å². The lowest BCUT2D eigenvalue weighted by Crippen LogP contribution is -2.25. The summed E-state index contributed by atoms with van der Waals surface area (Å²) < 4.78 is 44.4. The van der Waals surface area contributed by atoms with Gasteiger partial charge in [-0.1, -0.05) is 37.0 Å². The number of hydrogen-bond acceptors (Lipinski definition) is 7. The van der Waals surface area contributed by atoms with Crippen LogP contribution in [0.5, 0.6) is 5.75 Å². The highest BCUT2D eigenvalue weighted by Gasteiger charge is 2.27. The third kappa shape index (κ3) is 6.39. The van der Waals surface area contributed by atoms with Crippen LogP contribution < -0.4 is 9.25 Å². The quantitative estimate of drug-likeness (QED) is 0.230. The van der Waals surface area contributed by atoms with Gasteiger partial charge in [-0.3, -0.25) is 10.1 Å². The SMILES string of the molecule is CC.O=[N+]([O-])c1ccc(OP(=O)(O)CNS(=O)(=O)c2cc3c(Cl)ccc(Cl)c3s2)cc1. The molecule has 0 radical (unpaired) electrons. The first-order chi connectivity index (χ1) is 14.5. The van der Waals surface area contributed by atoms with Crippen LogP contribution in [0.3, 0.4) is 0 Å². The molecule has 2 aromatic carbocycles. The first-order valence-electron chi connectivity index (χ1n) is 8.62. The molecule has 3 rings (SSSR count). The number of fused-ring (bicyclic) bond motifs is 1. The minimum atomic E-state index is -4.43. The predicted octanol–water partition coefficient (Wildman–Crippen LogP) is 5.64. The van der Waals surface area contributed by atoms with Crippen LogP contribution in [0.2, 0.25) is 10.0 Å². The van der Waals surface area contributed by atoms with Crippen molar-refractivity contribution >= 4 is 67.9 Å². The summed E-state index contributed by atoms with van der Waals surface area (Å²) in [6.07, 6.45) is -0.915. The Hall–Kier alpha value is -1.72. The van der Waals surface area contributed by atoms with Crippen LogP contribution in [-0.4, -0.2) is 24.5 Å². The van der Waals surface area contributed by atoms with Crippen LogP contribution >= 0.6 is 42.1 Å². The molecule has 1 atom stereocenters. The highest BCUT2D eigenvalue weighted by atomic mass is 35.5. The minimum absolute atomic E-state index is 0.124. The second-order valence-electron chi connectivity index (χ2n) is 5.62. The fourth-order valence-corrected chi connectivity index (χ4v) is 6.73. The lowest BCUT2D eigenvalue weighted by atomic mass is 10.3. The van der Waals surface area contributed by atoms with Crippen molar-refractivity contribution in [2.75, 3.05) is 6.29 Å². The normalized spacial score (nSPS) is 13.2. The number of thiophene rings is 1. The molecule has 0 spiro atoms. The van der Waals surface area contributed by atoms with Gasteiger partial charge in [-0.25, -0.2) is 13.0 Å². The van der Waals surface area contributed by atoms with E-state index < -0.39 is 28.8 Å². The summed E-state index contributed by atoms with van der Waals surface area (Å²) in [5, 5.41) is 11.7. The maximum Gasteiger partial charge on any atom is 0.391 e. The molecule has 0 amide bonds. The molecule has 0 saturated carbocycles. The molecule has 14 heteroatoms. The molecule has 3 aromatic rings. The summed E-state index contributed by atoms with van der Waals surface area (Å²) in [6, 6.07) is 8.82. The number of non-ortho nitro benzene ring substituents is 1.